The number of Topliss-reactive ketones (excluding diaryl/α,β-unsaturated/α-hetero) is 1. The van der Waals surface area contributed by atoms with E-state index in [0.717, 1.165) is 5.56 Å². The molecule has 12 atom stereocenters. The summed E-state index contributed by atoms with van der Waals surface area (Å²) in [7, 11) is 5.29. The highest BCUT2D eigenvalue weighted by Gasteiger charge is 2.59. The zero-order chi connectivity index (χ0) is 45.0. The molecule has 3 unspecified atom stereocenters. The second kappa shape index (κ2) is 19.9. The molecule has 17 nitrogen and oxygen atoms in total. The van der Waals surface area contributed by atoms with Crippen molar-refractivity contribution in [1.29, 1.82) is 0 Å². The summed E-state index contributed by atoms with van der Waals surface area (Å²) in [6.45, 7) is 15.3. The van der Waals surface area contributed by atoms with E-state index in [1.165, 1.54) is 21.0 Å². The zero-order valence-electron chi connectivity index (χ0n) is 37.9. The number of nitrogens with two attached hydrogens (primary N) is 1. The van der Waals surface area contributed by atoms with Crippen molar-refractivity contribution < 1.29 is 48.0 Å². The zero-order valence-corrected chi connectivity index (χ0v) is 37.9. The Bertz CT molecular complexity index is 1840. The summed E-state index contributed by atoms with van der Waals surface area (Å²) in [6, 6.07) is 5.84. The Morgan fingerprint density at radius 1 is 1.10 bits per heavy atom. The minimum atomic E-state index is -1.39. The monoisotopic (exact) mass is 856 g/mol. The number of carbonyl (C=O) groups excluding carboxylic acids is 4. The molecular formula is C44H69N7O10. The maximum atomic E-state index is 14.1. The van der Waals surface area contributed by atoms with Crippen molar-refractivity contribution in [3.05, 3.63) is 30.5 Å². The van der Waals surface area contributed by atoms with Gasteiger partial charge in [0.25, 0.3) is 0 Å². The van der Waals surface area contributed by atoms with E-state index >= 15 is 0 Å². The number of cyclic esters (lactones) is 1. The highest BCUT2D eigenvalue weighted by Crippen LogP contribution is 2.41. The Balaban J connectivity index is 1.43. The number of ether oxygens (including phenoxy) is 5. The minimum absolute atomic E-state index is 0.212. The number of amides is 2. The number of hydrogen-bond acceptors (Lipinski definition) is 14. The normalized spacial score (nSPS) is 34.4. The number of aliphatic hydroxyl groups excluding tert-OH is 1. The van der Waals surface area contributed by atoms with Crippen molar-refractivity contribution in [3.63, 3.8) is 0 Å². The van der Waals surface area contributed by atoms with E-state index in [-0.39, 0.29) is 43.4 Å². The first-order valence-corrected chi connectivity index (χ1v) is 21.7. The van der Waals surface area contributed by atoms with Crippen LogP contribution < -0.4 is 5.73 Å². The van der Waals surface area contributed by atoms with Gasteiger partial charge in [-0.1, -0.05) is 31.2 Å². The van der Waals surface area contributed by atoms with Gasteiger partial charge in [0.2, 0.25) is 5.91 Å². The molecule has 1 aromatic carbocycles. The van der Waals surface area contributed by atoms with Crippen LogP contribution >= 0.6 is 0 Å². The number of nitrogen functional groups attached to an aromatic ring is 1. The van der Waals surface area contributed by atoms with E-state index < -0.39 is 71.7 Å². The van der Waals surface area contributed by atoms with Gasteiger partial charge in [-0.05, 0) is 98.9 Å². The van der Waals surface area contributed by atoms with Crippen LogP contribution in [0, 0.1) is 11.8 Å². The predicted octanol–water partition coefficient (Wildman–Crippen LogP) is 4.30. The van der Waals surface area contributed by atoms with Gasteiger partial charge in [0.05, 0.1) is 36.1 Å². The molecule has 3 aliphatic rings. The standard InChI is InChI=1S/C44H69N7O10/c1-12-36-44(8)39(50(42(56)61-44)19-14-13-18-49-25-33(46-47-49)31-16-15-17-32(45)21-31)29(5)51(30(6)52)24-26(2)23-43(7,57-11)37(22-35(53)28(4)40(55)59-36)60-41-38(54)34(48(9)10)20-27(3)58-41/h15-17,21,25-29,34,36-39,41,54H,12-14,18-20,22-24,45H2,1-11H3/t26-,27?,28-,29-,34?,36-,37-,38?,39-,41+,43-,44-/m1/s1. The molecular weight excluding hydrogens is 787 g/mol. The van der Waals surface area contributed by atoms with Gasteiger partial charge in [0.15, 0.2) is 11.9 Å². The summed E-state index contributed by atoms with van der Waals surface area (Å²) in [5.74, 6) is -2.87. The van der Waals surface area contributed by atoms with E-state index in [2.05, 4.69) is 10.3 Å². The van der Waals surface area contributed by atoms with Gasteiger partial charge in [-0.2, -0.15) is 0 Å². The van der Waals surface area contributed by atoms with E-state index in [0.29, 0.717) is 50.2 Å². The predicted molar refractivity (Wildman–Crippen MR) is 227 cm³/mol. The molecule has 3 fully saturated rings. The van der Waals surface area contributed by atoms with Crippen LogP contribution in [0.25, 0.3) is 11.3 Å². The first-order chi connectivity index (χ1) is 28.7. The van der Waals surface area contributed by atoms with Crippen molar-refractivity contribution in [1.82, 2.24) is 29.7 Å². The number of unbranched alkanes of at least 4 members (excludes halogenated alkanes) is 1. The summed E-state index contributed by atoms with van der Waals surface area (Å²) in [5, 5.41) is 20.0. The molecule has 3 aliphatic heterocycles. The van der Waals surface area contributed by atoms with Gasteiger partial charge in [-0.15, -0.1) is 5.10 Å². The first kappa shape index (κ1) is 47.9. The maximum Gasteiger partial charge on any atom is 0.410 e. The van der Waals surface area contributed by atoms with E-state index in [1.807, 2.05) is 84.1 Å². The van der Waals surface area contributed by atoms with Crippen LogP contribution in [-0.2, 0) is 44.6 Å². The second-order valence-electron chi connectivity index (χ2n) is 18.1. The molecule has 3 saturated heterocycles. The number of anilines is 1. The minimum Gasteiger partial charge on any atom is -0.458 e. The number of ketones is 1. The molecule has 17 heteroatoms. The third kappa shape index (κ3) is 10.7. The number of rotatable bonds is 11. The van der Waals surface area contributed by atoms with Crippen molar-refractivity contribution in [2.75, 3.05) is 40.0 Å². The lowest BCUT2D eigenvalue weighted by molar-refractivity contribution is -0.289. The molecule has 0 aliphatic carbocycles. The molecule has 2 amide bonds. The Labute approximate surface area is 360 Å². The molecule has 0 bridgehead atoms. The highest BCUT2D eigenvalue weighted by atomic mass is 16.7. The third-order valence-corrected chi connectivity index (χ3v) is 13.1. The van der Waals surface area contributed by atoms with Gasteiger partial charge in [-0.3, -0.25) is 24.0 Å². The number of methoxy groups -OCH3 is 1. The number of likely N-dealkylation sites (N-methyl/N-ethyl adjacent to an activating group) is 1. The molecule has 0 spiro atoms. The van der Waals surface area contributed by atoms with Crippen molar-refractivity contribution in [2.45, 2.75) is 160 Å². The number of hydrogen-bond donors (Lipinski definition) is 2. The number of nitrogens with zero attached hydrogens (tertiary/aromatic N) is 6. The van der Waals surface area contributed by atoms with Gasteiger partial charge in [0, 0.05) is 57.4 Å². The van der Waals surface area contributed by atoms with Crippen LogP contribution in [0.1, 0.15) is 93.9 Å². The average molecular weight is 856 g/mol. The fraction of sp³-hybridized carbons (Fsp3) is 0.727. The quantitative estimate of drug-likeness (QED) is 0.140. The lowest BCUT2D eigenvalue weighted by Gasteiger charge is -2.46. The number of esters is 1. The Kier molecular flexibility index (Phi) is 15.6. The van der Waals surface area contributed by atoms with E-state index in [4.69, 9.17) is 29.4 Å². The molecule has 1 aromatic heterocycles. The fourth-order valence-corrected chi connectivity index (χ4v) is 9.50. The molecule has 4 heterocycles. The number of fused-ring (bicyclic) bond motifs is 1. The van der Waals surface area contributed by atoms with Crippen LogP contribution in [0.3, 0.4) is 0 Å². The summed E-state index contributed by atoms with van der Waals surface area (Å²) >= 11 is 0. The molecule has 61 heavy (non-hydrogen) atoms. The molecule has 2 aromatic rings. The van der Waals surface area contributed by atoms with Gasteiger partial charge >= 0.3 is 12.1 Å². The van der Waals surface area contributed by atoms with Gasteiger partial charge in [0.1, 0.15) is 29.6 Å². The average Bonchev–Trinajstić information content (AvgIpc) is 3.78. The van der Waals surface area contributed by atoms with Crippen molar-refractivity contribution >= 4 is 29.4 Å². The SMILES string of the molecule is CC[C@H]1OC(=O)[C@H](C)C(=O)C[C@@H](O[C@@H]2OC(C)CC(N(C)C)C2O)[C@](C)(OC)C[C@@H](C)CN(C(C)=O)[C@H](C)[C@H]2N(CCCCn3cc(-c4cccc(N)c4)nn3)C(=O)O[C@]12C. The number of aryl methyl sites for hydroxylation is 1. The van der Waals surface area contributed by atoms with Crippen LogP contribution in [0.4, 0.5) is 10.5 Å². The summed E-state index contributed by atoms with van der Waals surface area (Å²) in [4.78, 5) is 61.1. The number of aliphatic hydroxyl groups is 1. The Hall–Kier alpha value is -4.16. The van der Waals surface area contributed by atoms with E-state index in [9.17, 15) is 24.3 Å². The van der Waals surface area contributed by atoms with Crippen LogP contribution in [0.5, 0.6) is 0 Å². The number of carbonyl (C=O) groups is 4. The smallest absolute Gasteiger partial charge is 0.410 e. The molecule has 0 saturated carbocycles. The highest BCUT2D eigenvalue weighted by molar-refractivity contribution is 5.99. The van der Waals surface area contributed by atoms with Gasteiger partial charge in [-0.25, -0.2) is 4.79 Å². The largest absolute Gasteiger partial charge is 0.458 e. The molecule has 5 rings (SSSR count). The molecule has 0 radical (unpaired) electrons. The van der Waals surface area contributed by atoms with Crippen molar-refractivity contribution in [2.24, 2.45) is 11.8 Å². The lowest BCUT2D eigenvalue weighted by atomic mass is 9.82. The van der Waals surface area contributed by atoms with Crippen LogP contribution in [0.2, 0.25) is 0 Å². The number of benzene rings is 1. The number of aromatic nitrogens is 3. The fourth-order valence-electron chi connectivity index (χ4n) is 9.50. The van der Waals surface area contributed by atoms with Crippen LogP contribution in [0.15, 0.2) is 30.5 Å². The first-order valence-electron chi connectivity index (χ1n) is 21.7. The topological polar surface area (TPSA) is 201 Å². The molecule has 340 valence electrons. The lowest BCUT2D eigenvalue weighted by Crippen LogP contribution is -2.62. The van der Waals surface area contributed by atoms with E-state index in [1.54, 1.807) is 21.4 Å². The van der Waals surface area contributed by atoms with Crippen molar-refractivity contribution in [3.8, 4) is 11.3 Å². The van der Waals surface area contributed by atoms with Gasteiger partial charge < -0.3 is 44.3 Å². The maximum absolute atomic E-state index is 14.1. The Morgan fingerprint density at radius 3 is 2.44 bits per heavy atom. The Morgan fingerprint density at radius 2 is 1.80 bits per heavy atom. The summed E-state index contributed by atoms with van der Waals surface area (Å²) in [6.07, 6.45) is -0.842. The van der Waals surface area contributed by atoms with Crippen LogP contribution in [-0.4, -0.2) is 153 Å². The second-order valence-corrected chi connectivity index (χ2v) is 18.1. The third-order valence-electron chi connectivity index (χ3n) is 13.1. The summed E-state index contributed by atoms with van der Waals surface area (Å²) < 4.78 is 33.0. The summed E-state index contributed by atoms with van der Waals surface area (Å²) in [5.41, 5.74) is 5.63. The molecule has 3 N–H and O–H groups in total.